The maximum atomic E-state index is 11.8. The van der Waals surface area contributed by atoms with E-state index in [1.54, 1.807) is 34.1 Å². The van der Waals surface area contributed by atoms with Crippen LogP contribution in [0, 0.1) is 11.8 Å². The molecule has 2 fully saturated rings. The molecule has 2 atom stereocenters. The molecule has 9 nitrogen and oxygen atoms in total. The molecule has 2 aliphatic heterocycles. The number of amides is 2. The Morgan fingerprint density at radius 3 is 1.40 bits per heavy atom. The molecule has 2 heterocycles. The highest BCUT2D eigenvalue weighted by molar-refractivity contribution is 8.13. The van der Waals surface area contributed by atoms with Crippen molar-refractivity contribution in [1.82, 2.24) is 4.72 Å². The summed E-state index contributed by atoms with van der Waals surface area (Å²) in [7, 11) is -0.531. The van der Waals surface area contributed by atoms with Crippen molar-refractivity contribution in [2.24, 2.45) is 11.8 Å². The third-order valence-corrected chi connectivity index (χ3v) is 8.90. The van der Waals surface area contributed by atoms with Gasteiger partial charge in [0.2, 0.25) is 21.8 Å². The Morgan fingerprint density at radius 1 is 0.743 bits per heavy atom. The maximum Gasteiger partial charge on any atom is 0.261 e. The van der Waals surface area contributed by atoms with Gasteiger partial charge >= 0.3 is 0 Å². The Bertz CT molecular complexity index is 1300. The van der Waals surface area contributed by atoms with E-state index < -0.39 is 19.1 Å². The first-order valence-corrected chi connectivity index (χ1v) is 14.9. The van der Waals surface area contributed by atoms with E-state index in [1.807, 2.05) is 13.8 Å². The van der Waals surface area contributed by atoms with E-state index in [4.69, 9.17) is 10.7 Å². The van der Waals surface area contributed by atoms with Gasteiger partial charge in [-0.05, 0) is 68.4 Å². The van der Waals surface area contributed by atoms with Crippen LogP contribution in [0.4, 0.5) is 11.4 Å². The van der Waals surface area contributed by atoms with Crippen LogP contribution in [0.3, 0.4) is 0 Å². The van der Waals surface area contributed by atoms with Gasteiger partial charge in [-0.3, -0.25) is 9.59 Å². The lowest BCUT2D eigenvalue weighted by atomic mass is 10.1. The SMILES string of the molecule is CC1CCN(c2ccc(S(=O)(=O)Cl)cc2)C1=O.CNS(=O)(=O)c1ccc(N2CCC(C)C2=O)cc1. The van der Waals surface area contributed by atoms with Gasteiger partial charge in [0.25, 0.3) is 9.05 Å². The Balaban J connectivity index is 0.000000196. The van der Waals surface area contributed by atoms with Crippen molar-refractivity contribution in [2.75, 3.05) is 29.9 Å². The zero-order chi connectivity index (χ0) is 26.0. The van der Waals surface area contributed by atoms with Gasteiger partial charge in [-0.15, -0.1) is 0 Å². The Morgan fingerprint density at radius 2 is 1.11 bits per heavy atom. The first kappa shape index (κ1) is 27.1. The Labute approximate surface area is 210 Å². The highest BCUT2D eigenvalue weighted by Crippen LogP contribution is 2.27. The summed E-state index contributed by atoms with van der Waals surface area (Å²) in [5.74, 6) is 0.253. The molecule has 0 saturated carbocycles. The Kier molecular flexibility index (Phi) is 8.25. The number of carbonyl (C=O) groups is 2. The lowest BCUT2D eigenvalue weighted by molar-refractivity contribution is -0.120. The molecule has 2 aliphatic rings. The predicted octanol–water partition coefficient (Wildman–Crippen LogP) is 2.95. The minimum atomic E-state index is -3.70. The summed E-state index contributed by atoms with van der Waals surface area (Å²) in [5.41, 5.74) is 1.46. The topological polar surface area (TPSA) is 121 Å². The number of hydrogen-bond acceptors (Lipinski definition) is 6. The molecule has 0 aromatic heterocycles. The molecular weight excluding hydrogens is 514 g/mol. The molecule has 2 unspecified atom stereocenters. The molecule has 0 bridgehead atoms. The van der Waals surface area contributed by atoms with Crippen molar-refractivity contribution in [2.45, 2.75) is 36.5 Å². The molecule has 4 rings (SSSR count). The number of rotatable bonds is 5. The first-order chi connectivity index (χ1) is 16.3. The van der Waals surface area contributed by atoms with Crippen LogP contribution in [0.25, 0.3) is 0 Å². The van der Waals surface area contributed by atoms with Gasteiger partial charge in [-0.1, -0.05) is 13.8 Å². The van der Waals surface area contributed by atoms with Crippen LogP contribution in [-0.2, 0) is 28.7 Å². The largest absolute Gasteiger partial charge is 0.312 e. The van der Waals surface area contributed by atoms with Crippen molar-refractivity contribution in [3.8, 4) is 0 Å². The zero-order valence-electron chi connectivity index (χ0n) is 19.6. The summed E-state index contributed by atoms with van der Waals surface area (Å²) in [6.07, 6.45) is 1.67. The highest BCUT2D eigenvalue weighted by Gasteiger charge is 2.30. The third-order valence-electron chi connectivity index (χ3n) is 6.10. The van der Waals surface area contributed by atoms with Gasteiger partial charge < -0.3 is 9.80 Å². The van der Waals surface area contributed by atoms with Crippen LogP contribution in [0.2, 0.25) is 0 Å². The summed E-state index contributed by atoms with van der Waals surface area (Å²) in [6.45, 7) is 5.16. The molecular formula is C23H28ClN3O6S2. The van der Waals surface area contributed by atoms with Gasteiger partial charge in [0.05, 0.1) is 9.79 Å². The summed E-state index contributed by atoms with van der Waals surface area (Å²) in [4.78, 5) is 27.2. The van der Waals surface area contributed by atoms with Crippen LogP contribution >= 0.6 is 10.7 Å². The second-order valence-corrected chi connectivity index (χ2v) is 12.9. The van der Waals surface area contributed by atoms with Crippen LogP contribution in [0.5, 0.6) is 0 Å². The molecule has 2 aromatic rings. The van der Waals surface area contributed by atoms with Crippen molar-refractivity contribution in [3.63, 3.8) is 0 Å². The fraction of sp³-hybridized carbons (Fsp3) is 0.391. The highest BCUT2D eigenvalue weighted by atomic mass is 35.7. The van der Waals surface area contributed by atoms with Crippen LogP contribution in [0.15, 0.2) is 58.3 Å². The predicted molar refractivity (Wildman–Crippen MR) is 134 cm³/mol. The van der Waals surface area contributed by atoms with Gasteiger partial charge in [0.1, 0.15) is 0 Å². The molecule has 2 saturated heterocycles. The fourth-order valence-corrected chi connectivity index (χ4v) is 5.37. The van der Waals surface area contributed by atoms with Crippen molar-refractivity contribution in [3.05, 3.63) is 48.5 Å². The normalized spacial score (nSPS) is 20.7. The molecule has 190 valence electrons. The number of hydrogen-bond donors (Lipinski definition) is 1. The number of benzene rings is 2. The third kappa shape index (κ3) is 6.21. The lowest BCUT2D eigenvalue weighted by Crippen LogP contribution is -2.26. The van der Waals surface area contributed by atoms with Crippen LogP contribution < -0.4 is 14.5 Å². The van der Waals surface area contributed by atoms with Crippen molar-refractivity contribution in [1.29, 1.82) is 0 Å². The minimum absolute atomic E-state index is 0.0337. The minimum Gasteiger partial charge on any atom is -0.312 e. The average molecular weight is 542 g/mol. The van der Waals surface area contributed by atoms with Crippen molar-refractivity contribution < 1.29 is 26.4 Å². The smallest absolute Gasteiger partial charge is 0.261 e. The second kappa shape index (κ2) is 10.7. The molecule has 2 aromatic carbocycles. The number of halogens is 1. The molecule has 0 spiro atoms. The van der Waals surface area contributed by atoms with E-state index in [2.05, 4.69) is 4.72 Å². The molecule has 35 heavy (non-hydrogen) atoms. The summed E-state index contributed by atoms with van der Waals surface area (Å²) in [6, 6.07) is 12.4. The lowest BCUT2D eigenvalue weighted by Gasteiger charge is -2.16. The summed E-state index contributed by atoms with van der Waals surface area (Å²) < 4.78 is 47.5. The monoisotopic (exact) mass is 541 g/mol. The molecule has 0 radical (unpaired) electrons. The standard InChI is InChI=1S/C12H16N2O3S.C11H12ClNO3S/c1-9-7-8-14(12(9)15)10-3-5-11(6-4-10)18(16,17)13-2;1-8-6-7-13(11(8)14)9-2-4-10(5-3-9)17(12,15)16/h3-6,9,13H,7-8H2,1-2H3;2-5,8H,6-7H2,1H3. The molecule has 1 N–H and O–H groups in total. The fourth-order valence-electron chi connectivity index (χ4n) is 3.87. The second-order valence-electron chi connectivity index (χ2n) is 8.49. The molecule has 0 aliphatic carbocycles. The molecule has 12 heteroatoms. The van der Waals surface area contributed by atoms with Crippen LogP contribution in [-0.4, -0.2) is 48.8 Å². The van der Waals surface area contributed by atoms with Gasteiger partial charge in [0, 0.05) is 47.0 Å². The van der Waals surface area contributed by atoms with E-state index in [-0.39, 0.29) is 33.4 Å². The van der Waals surface area contributed by atoms with E-state index in [9.17, 15) is 26.4 Å². The van der Waals surface area contributed by atoms with Gasteiger partial charge in [0.15, 0.2) is 0 Å². The van der Waals surface area contributed by atoms with Gasteiger partial charge in [-0.2, -0.15) is 0 Å². The van der Waals surface area contributed by atoms with Crippen molar-refractivity contribution >= 4 is 52.9 Å². The zero-order valence-corrected chi connectivity index (χ0v) is 22.0. The number of carbonyl (C=O) groups excluding carboxylic acids is 2. The van der Waals surface area contributed by atoms with Crippen LogP contribution in [0.1, 0.15) is 26.7 Å². The Hall–Kier alpha value is -2.47. The summed E-state index contributed by atoms with van der Waals surface area (Å²) >= 11 is 0. The van der Waals surface area contributed by atoms with E-state index in [0.717, 1.165) is 18.5 Å². The van der Waals surface area contributed by atoms with Gasteiger partial charge in [-0.25, -0.2) is 21.6 Å². The maximum absolute atomic E-state index is 11.8. The molecule has 2 amide bonds. The quantitative estimate of drug-likeness (QED) is 0.581. The van der Waals surface area contributed by atoms with E-state index in [1.165, 1.54) is 31.3 Å². The number of anilines is 2. The number of nitrogens with one attached hydrogen (secondary N) is 1. The summed E-state index contributed by atoms with van der Waals surface area (Å²) in [5, 5.41) is 0. The number of nitrogens with zero attached hydrogens (tertiary/aromatic N) is 2. The number of sulfonamides is 1. The van der Waals surface area contributed by atoms with E-state index in [0.29, 0.717) is 18.8 Å². The van der Waals surface area contributed by atoms with E-state index >= 15 is 0 Å². The average Bonchev–Trinajstić information content (AvgIpc) is 3.34. The first-order valence-electron chi connectivity index (χ1n) is 11.1.